The van der Waals surface area contributed by atoms with Crippen LogP contribution in [0.1, 0.15) is 12.5 Å². The van der Waals surface area contributed by atoms with Crippen molar-refractivity contribution in [2.75, 3.05) is 7.05 Å². The van der Waals surface area contributed by atoms with E-state index in [0.717, 1.165) is 10.2 Å². The Labute approximate surface area is 161 Å². The first-order chi connectivity index (χ1) is 13.5. The molecule has 0 aliphatic rings. The quantitative estimate of drug-likeness (QED) is 0.600. The van der Waals surface area contributed by atoms with E-state index in [1.54, 1.807) is 31.3 Å². The van der Waals surface area contributed by atoms with Gasteiger partial charge in [-0.25, -0.2) is 0 Å². The van der Waals surface area contributed by atoms with Crippen molar-refractivity contribution >= 4 is 22.8 Å². The third-order valence-corrected chi connectivity index (χ3v) is 4.20. The summed E-state index contributed by atoms with van der Waals surface area (Å²) in [6, 6.07) is 16.2. The number of carbonyl (C=O) groups is 2. The number of nitrogens with zero attached hydrogens (tertiary/aromatic N) is 4. The molecule has 1 amide bonds. The topological polar surface area (TPSA) is 94.4 Å². The number of aromatic nitrogens is 3. The number of hydrogen-bond acceptors (Lipinski definition) is 6. The highest BCUT2D eigenvalue weighted by Gasteiger charge is 2.22. The summed E-state index contributed by atoms with van der Waals surface area (Å²) in [4.78, 5) is 38.5. The third kappa shape index (κ3) is 4.40. The Morgan fingerprint density at radius 1 is 1.11 bits per heavy atom. The molecular formula is C20H20N4O4. The molecule has 2 aromatic carbocycles. The molecule has 8 heteroatoms. The molecular weight excluding hydrogens is 360 g/mol. The highest BCUT2D eigenvalue weighted by atomic mass is 16.5. The maximum atomic E-state index is 12.4. The van der Waals surface area contributed by atoms with E-state index < -0.39 is 24.2 Å². The van der Waals surface area contributed by atoms with Crippen LogP contribution in [0.5, 0.6) is 0 Å². The number of likely N-dealkylation sites (N-methyl/N-ethyl adjacent to an activating group) is 1. The summed E-state index contributed by atoms with van der Waals surface area (Å²) in [6.07, 6.45) is -0.981. The number of ether oxygens (including phenoxy) is 1. The number of carbonyl (C=O) groups excluding carboxylic acids is 2. The maximum Gasteiger partial charge on any atom is 0.328 e. The van der Waals surface area contributed by atoms with Crippen molar-refractivity contribution in [3.63, 3.8) is 0 Å². The molecule has 144 valence electrons. The van der Waals surface area contributed by atoms with Gasteiger partial charge in [0, 0.05) is 13.6 Å². The van der Waals surface area contributed by atoms with Gasteiger partial charge in [-0.15, -0.1) is 5.10 Å². The van der Waals surface area contributed by atoms with E-state index in [0.29, 0.717) is 17.4 Å². The highest BCUT2D eigenvalue weighted by Crippen LogP contribution is 2.07. The van der Waals surface area contributed by atoms with Gasteiger partial charge in [0.15, 0.2) is 6.10 Å². The minimum atomic E-state index is -0.981. The Balaban J connectivity index is 1.62. The summed E-state index contributed by atoms with van der Waals surface area (Å²) < 4.78 is 6.11. The van der Waals surface area contributed by atoms with Crippen LogP contribution < -0.4 is 5.56 Å². The van der Waals surface area contributed by atoms with Crippen LogP contribution in [0.15, 0.2) is 59.4 Å². The normalized spacial score (nSPS) is 11.8. The molecule has 0 saturated carbocycles. The molecule has 1 heterocycles. The number of fused-ring (bicyclic) bond motifs is 1. The van der Waals surface area contributed by atoms with Crippen LogP contribution in [0.3, 0.4) is 0 Å². The second-order valence-corrected chi connectivity index (χ2v) is 6.38. The summed E-state index contributed by atoms with van der Waals surface area (Å²) >= 11 is 0. The van der Waals surface area contributed by atoms with Gasteiger partial charge in [0.2, 0.25) is 0 Å². The van der Waals surface area contributed by atoms with Gasteiger partial charge >= 0.3 is 5.97 Å². The Morgan fingerprint density at radius 2 is 1.79 bits per heavy atom. The molecule has 0 radical (unpaired) electrons. The van der Waals surface area contributed by atoms with E-state index in [9.17, 15) is 14.4 Å². The zero-order valence-corrected chi connectivity index (χ0v) is 15.6. The Bertz CT molecular complexity index is 1050. The lowest BCUT2D eigenvalue weighted by Gasteiger charge is -2.21. The van der Waals surface area contributed by atoms with E-state index in [-0.39, 0.29) is 5.91 Å². The SMILES string of the molecule is CC(OC(=O)Cn1nnc2ccccc2c1=O)C(=O)N(C)Cc1ccccc1. The maximum absolute atomic E-state index is 12.4. The molecule has 1 unspecified atom stereocenters. The van der Waals surface area contributed by atoms with Gasteiger partial charge < -0.3 is 9.64 Å². The molecule has 0 aliphatic heterocycles. The van der Waals surface area contributed by atoms with Gasteiger partial charge in [0.05, 0.1) is 5.39 Å². The van der Waals surface area contributed by atoms with Gasteiger partial charge in [0.1, 0.15) is 12.1 Å². The molecule has 3 aromatic rings. The minimum absolute atomic E-state index is 0.339. The van der Waals surface area contributed by atoms with Crippen molar-refractivity contribution in [1.29, 1.82) is 0 Å². The second-order valence-electron chi connectivity index (χ2n) is 6.38. The van der Waals surface area contributed by atoms with E-state index >= 15 is 0 Å². The Hall–Kier alpha value is -3.55. The standard InChI is InChI=1S/C20H20N4O4/c1-14(19(26)23(2)12-15-8-4-3-5-9-15)28-18(25)13-24-20(27)16-10-6-7-11-17(16)21-22-24/h3-11,14H,12-13H2,1-2H3. The monoisotopic (exact) mass is 380 g/mol. The predicted octanol–water partition coefficient (Wildman–Crippen LogP) is 1.38. The fourth-order valence-corrected chi connectivity index (χ4v) is 2.78. The molecule has 0 N–H and O–H groups in total. The zero-order chi connectivity index (χ0) is 20.1. The van der Waals surface area contributed by atoms with E-state index in [2.05, 4.69) is 10.3 Å². The highest BCUT2D eigenvalue weighted by molar-refractivity contribution is 5.83. The first-order valence-electron chi connectivity index (χ1n) is 8.76. The summed E-state index contributed by atoms with van der Waals surface area (Å²) in [6.45, 7) is 1.48. The summed E-state index contributed by atoms with van der Waals surface area (Å²) in [5.41, 5.74) is 0.973. The average Bonchev–Trinajstić information content (AvgIpc) is 2.70. The van der Waals surface area contributed by atoms with E-state index in [1.165, 1.54) is 11.8 Å². The van der Waals surface area contributed by atoms with Crippen molar-refractivity contribution in [2.24, 2.45) is 0 Å². The van der Waals surface area contributed by atoms with Crippen molar-refractivity contribution in [2.45, 2.75) is 26.1 Å². The molecule has 1 aromatic heterocycles. The van der Waals surface area contributed by atoms with Gasteiger partial charge in [-0.2, -0.15) is 4.68 Å². The summed E-state index contributed by atoms with van der Waals surface area (Å²) in [5.74, 6) is -1.07. The summed E-state index contributed by atoms with van der Waals surface area (Å²) in [7, 11) is 1.64. The molecule has 0 aliphatic carbocycles. The zero-order valence-electron chi connectivity index (χ0n) is 15.6. The molecule has 8 nitrogen and oxygen atoms in total. The number of esters is 1. The minimum Gasteiger partial charge on any atom is -0.451 e. The van der Waals surface area contributed by atoms with Crippen LogP contribution in [-0.2, 0) is 27.4 Å². The van der Waals surface area contributed by atoms with E-state index in [4.69, 9.17) is 4.74 Å². The van der Waals surface area contributed by atoms with Crippen LogP contribution in [0.2, 0.25) is 0 Å². The average molecular weight is 380 g/mol. The second kappa shape index (κ2) is 8.43. The number of hydrogen-bond donors (Lipinski definition) is 0. The first kappa shape index (κ1) is 19.2. The van der Waals surface area contributed by atoms with Gasteiger partial charge in [-0.05, 0) is 24.6 Å². The van der Waals surface area contributed by atoms with Crippen LogP contribution in [-0.4, -0.2) is 44.9 Å². The molecule has 0 saturated heterocycles. The van der Waals surface area contributed by atoms with Crippen LogP contribution in [0.25, 0.3) is 10.9 Å². The van der Waals surface area contributed by atoms with E-state index in [1.807, 2.05) is 30.3 Å². The van der Waals surface area contributed by atoms with Gasteiger partial charge in [-0.3, -0.25) is 14.4 Å². The predicted molar refractivity (Wildman–Crippen MR) is 102 cm³/mol. The van der Waals surface area contributed by atoms with Crippen LogP contribution in [0, 0.1) is 0 Å². The molecule has 3 rings (SSSR count). The molecule has 1 atom stereocenters. The largest absolute Gasteiger partial charge is 0.451 e. The fraction of sp³-hybridized carbons (Fsp3) is 0.250. The Kier molecular flexibility index (Phi) is 5.78. The smallest absolute Gasteiger partial charge is 0.328 e. The lowest BCUT2D eigenvalue weighted by Crippen LogP contribution is -2.38. The van der Waals surface area contributed by atoms with Crippen molar-refractivity contribution in [3.05, 3.63) is 70.5 Å². The van der Waals surface area contributed by atoms with Gasteiger partial charge in [0.25, 0.3) is 11.5 Å². The molecule has 0 spiro atoms. The van der Waals surface area contributed by atoms with Crippen molar-refractivity contribution in [1.82, 2.24) is 19.9 Å². The molecule has 28 heavy (non-hydrogen) atoms. The van der Waals surface area contributed by atoms with Crippen molar-refractivity contribution in [3.8, 4) is 0 Å². The number of amides is 1. The number of benzene rings is 2. The summed E-state index contributed by atoms with van der Waals surface area (Å²) in [5, 5.41) is 8.02. The lowest BCUT2D eigenvalue weighted by molar-refractivity contribution is -0.159. The molecule has 0 fully saturated rings. The lowest BCUT2D eigenvalue weighted by atomic mass is 10.2. The number of rotatable bonds is 6. The van der Waals surface area contributed by atoms with Crippen LogP contribution in [0.4, 0.5) is 0 Å². The van der Waals surface area contributed by atoms with Crippen LogP contribution >= 0.6 is 0 Å². The fourth-order valence-electron chi connectivity index (χ4n) is 2.78. The molecule has 0 bridgehead atoms. The Morgan fingerprint density at radius 3 is 2.54 bits per heavy atom. The first-order valence-corrected chi connectivity index (χ1v) is 8.76. The van der Waals surface area contributed by atoms with Crippen molar-refractivity contribution < 1.29 is 14.3 Å². The van der Waals surface area contributed by atoms with Gasteiger partial charge in [-0.1, -0.05) is 47.7 Å². The third-order valence-electron chi connectivity index (χ3n) is 4.20.